The minimum Gasteiger partial charge on any atom is -0.300 e. The molecule has 1 saturated heterocycles. The molecule has 0 radical (unpaired) electrons. The van der Waals surface area contributed by atoms with Crippen LogP contribution in [0.3, 0.4) is 0 Å². The van der Waals surface area contributed by atoms with Gasteiger partial charge in [0, 0.05) is 17.4 Å². The predicted octanol–water partition coefficient (Wildman–Crippen LogP) is 3.94. The van der Waals surface area contributed by atoms with Crippen LogP contribution in [-0.4, -0.2) is 16.1 Å². The summed E-state index contributed by atoms with van der Waals surface area (Å²) in [5.74, 6) is -0.154. The summed E-state index contributed by atoms with van der Waals surface area (Å²) in [4.78, 5) is 20.9. The summed E-state index contributed by atoms with van der Waals surface area (Å²) < 4.78 is 0. The number of halogens is 1. The minimum atomic E-state index is -0.154. The lowest BCUT2D eigenvalue weighted by molar-refractivity contribution is -0.115. The Balaban J connectivity index is 1.83. The summed E-state index contributed by atoms with van der Waals surface area (Å²) >= 11 is 7.39. The van der Waals surface area contributed by atoms with Gasteiger partial charge in [-0.15, -0.1) is 0 Å². The number of rotatable bonds is 2. The van der Waals surface area contributed by atoms with Crippen LogP contribution in [0.15, 0.2) is 52.6 Å². The Bertz CT molecular complexity index is 787. The Morgan fingerprint density at radius 1 is 1.27 bits per heavy atom. The summed E-state index contributed by atoms with van der Waals surface area (Å²) in [6.45, 7) is 1.93. The molecule has 0 saturated carbocycles. The molecule has 6 heteroatoms. The van der Waals surface area contributed by atoms with Crippen LogP contribution in [0.1, 0.15) is 11.1 Å². The molecule has 2 heterocycles. The van der Waals surface area contributed by atoms with Crippen LogP contribution in [-0.2, 0) is 4.79 Å². The van der Waals surface area contributed by atoms with Crippen molar-refractivity contribution in [2.75, 3.05) is 0 Å². The van der Waals surface area contributed by atoms with Gasteiger partial charge in [0.15, 0.2) is 5.17 Å². The number of aryl methyl sites for hydroxylation is 1. The van der Waals surface area contributed by atoms with E-state index in [0.29, 0.717) is 20.8 Å². The molecule has 1 aliphatic rings. The maximum atomic E-state index is 12.0. The number of nitrogens with one attached hydrogen (secondary N) is 1. The van der Waals surface area contributed by atoms with Crippen LogP contribution in [0.5, 0.6) is 0 Å². The van der Waals surface area contributed by atoms with E-state index in [2.05, 4.69) is 15.3 Å². The van der Waals surface area contributed by atoms with Crippen LogP contribution < -0.4 is 5.32 Å². The zero-order valence-electron chi connectivity index (χ0n) is 11.7. The molecule has 0 unspecified atom stereocenters. The molecule has 1 aromatic carbocycles. The third-order valence-corrected chi connectivity index (χ3v) is 4.36. The van der Waals surface area contributed by atoms with Gasteiger partial charge in [-0.2, -0.15) is 0 Å². The Morgan fingerprint density at radius 2 is 2.05 bits per heavy atom. The van der Waals surface area contributed by atoms with Crippen LogP contribution in [0.2, 0.25) is 5.02 Å². The smallest absolute Gasteiger partial charge is 0.264 e. The summed E-state index contributed by atoms with van der Waals surface area (Å²) in [5, 5.41) is 3.96. The second-order valence-electron chi connectivity index (χ2n) is 4.70. The van der Waals surface area contributed by atoms with Gasteiger partial charge in [0.2, 0.25) is 0 Å². The topological polar surface area (TPSA) is 54.4 Å². The normalized spacial score (nSPS) is 18.0. The molecule has 3 rings (SSSR count). The molecular weight excluding hydrogens is 318 g/mol. The number of amidine groups is 1. The maximum Gasteiger partial charge on any atom is 0.264 e. The van der Waals surface area contributed by atoms with E-state index < -0.39 is 0 Å². The van der Waals surface area contributed by atoms with Gasteiger partial charge in [-0.25, -0.2) is 4.99 Å². The first-order chi connectivity index (χ1) is 10.6. The third kappa shape index (κ3) is 3.37. The molecule has 1 aromatic heterocycles. The number of aliphatic imine (C=N–C) groups is 1. The molecule has 1 amide bonds. The zero-order chi connectivity index (χ0) is 15.5. The summed E-state index contributed by atoms with van der Waals surface area (Å²) in [5.41, 5.74) is 2.63. The first-order valence-corrected chi connectivity index (χ1v) is 7.77. The van der Waals surface area contributed by atoms with E-state index >= 15 is 0 Å². The quantitative estimate of drug-likeness (QED) is 0.849. The standard InChI is InChI=1S/C16H12ClN3OS/c1-10-2-3-12(9-13(10)17)19-16-20-15(21)14(22-16)8-11-4-6-18-7-5-11/h2-9H,1H3,(H,19,20,21)/b14-8-. The largest absolute Gasteiger partial charge is 0.300 e. The Hall–Kier alpha value is -2.11. The van der Waals surface area contributed by atoms with Crippen molar-refractivity contribution in [3.8, 4) is 0 Å². The van der Waals surface area contributed by atoms with E-state index in [1.54, 1.807) is 18.5 Å². The first kappa shape index (κ1) is 14.8. The van der Waals surface area contributed by atoms with Crippen molar-refractivity contribution >= 4 is 46.2 Å². The number of benzene rings is 1. The van der Waals surface area contributed by atoms with Crippen LogP contribution in [0.4, 0.5) is 5.69 Å². The highest BCUT2D eigenvalue weighted by molar-refractivity contribution is 8.18. The lowest BCUT2D eigenvalue weighted by Gasteiger charge is -2.00. The van der Waals surface area contributed by atoms with Crippen LogP contribution >= 0.6 is 23.4 Å². The van der Waals surface area contributed by atoms with E-state index in [1.807, 2.05) is 37.3 Å². The molecule has 0 aliphatic carbocycles. The highest BCUT2D eigenvalue weighted by Crippen LogP contribution is 2.29. The number of pyridine rings is 1. The molecule has 2 aromatic rings. The van der Waals surface area contributed by atoms with Crippen molar-refractivity contribution in [3.05, 3.63) is 63.8 Å². The van der Waals surface area contributed by atoms with Crippen molar-refractivity contribution < 1.29 is 4.79 Å². The fourth-order valence-electron chi connectivity index (χ4n) is 1.86. The average Bonchev–Trinajstić information content (AvgIpc) is 2.84. The molecule has 0 bridgehead atoms. The van der Waals surface area contributed by atoms with E-state index in [9.17, 15) is 4.79 Å². The monoisotopic (exact) mass is 329 g/mol. The maximum absolute atomic E-state index is 12.0. The molecule has 4 nitrogen and oxygen atoms in total. The zero-order valence-corrected chi connectivity index (χ0v) is 13.3. The van der Waals surface area contributed by atoms with E-state index in [4.69, 9.17) is 11.6 Å². The Kier molecular flexibility index (Phi) is 4.27. The van der Waals surface area contributed by atoms with Gasteiger partial charge in [-0.1, -0.05) is 17.7 Å². The highest BCUT2D eigenvalue weighted by Gasteiger charge is 2.23. The number of carbonyl (C=O) groups is 1. The molecule has 1 aliphatic heterocycles. The van der Waals surface area contributed by atoms with E-state index in [1.165, 1.54) is 11.8 Å². The second kappa shape index (κ2) is 6.34. The number of carbonyl (C=O) groups excluding carboxylic acids is 1. The van der Waals surface area contributed by atoms with Crippen LogP contribution in [0, 0.1) is 6.92 Å². The molecule has 1 N–H and O–H groups in total. The van der Waals surface area contributed by atoms with Crippen molar-refractivity contribution in [1.29, 1.82) is 0 Å². The Labute approximate surface area is 137 Å². The molecule has 110 valence electrons. The van der Waals surface area contributed by atoms with Crippen molar-refractivity contribution in [2.24, 2.45) is 4.99 Å². The lowest BCUT2D eigenvalue weighted by Crippen LogP contribution is -2.19. The fraction of sp³-hybridized carbons (Fsp3) is 0.0625. The van der Waals surface area contributed by atoms with Gasteiger partial charge in [0.05, 0.1) is 10.6 Å². The molecule has 0 atom stereocenters. The summed E-state index contributed by atoms with van der Waals surface area (Å²) in [7, 11) is 0. The fourth-order valence-corrected chi connectivity index (χ4v) is 2.88. The van der Waals surface area contributed by atoms with E-state index in [-0.39, 0.29) is 5.91 Å². The first-order valence-electron chi connectivity index (χ1n) is 6.57. The molecule has 22 heavy (non-hydrogen) atoms. The molecule has 0 spiro atoms. The third-order valence-electron chi connectivity index (χ3n) is 3.04. The van der Waals surface area contributed by atoms with Gasteiger partial charge >= 0.3 is 0 Å². The number of aromatic nitrogens is 1. The van der Waals surface area contributed by atoms with Crippen molar-refractivity contribution in [2.45, 2.75) is 6.92 Å². The predicted molar refractivity (Wildman–Crippen MR) is 91.2 cm³/mol. The number of nitrogens with zero attached hydrogens (tertiary/aromatic N) is 2. The number of thioether (sulfide) groups is 1. The number of hydrogen-bond donors (Lipinski definition) is 1. The highest BCUT2D eigenvalue weighted by atomic mass is 35.5. The van der Waals surface area contributed by atoms with Gasteiger partial charge in [0.25, 0.3) is 5.91 Å². The Morgan fingerprint density at radius 3 is 2.77 bits per heavy atom. The van der Waals surface area contributed by atoms with Crippen LogP contribution in [0.25, 0.3) is 6.08 Å². The van der Waals surface area contributed by atoms with E-state index in [0.717, 1.165) is 11.1 Å². The van der Waals surface area contributed by atoms with Crippen molar-refractivity contribution in [1.82, 2.24) is 10.3 Å². The summed E-state index contributed by atoms with van der Waals surface area (Å²) in [6, 6.07) is 9.23. The second-order valence-corrected chi connectivity index (χ2v) is 6.13. The van der Waals surface area contributed by atoms with Gasteiger partial charge in [-0.05, 0) is 60.2 Å². The van der Waals surface area contributed by atoms with Gasteiger partial charge < -0.3 is 5.32 Å². The lowest BCUT2D eigenvalue weighted by atomic mass is 10.2. The average molecular weight is 330 g/mol. The minimum absolute atomic E-state index is 0.154. The van der Waals surface area contributed by atoms with Crippen molar-refractivity contribution in [3.63, 3.8) is 0 Å². The van der Waals surface area contributed by atoms with Gasteiger partial charge in [0.1, 0.15) is 0 Å². The molecular formula is C16H12ClN3OS. The number of hydrogen-bond acceptors (Lipinski definition) is 4. The summed E-state index contributed by atoms with van der Waals surface area (Å²) in [6.07, 6.45) is 5.19. The van der Waals surface area contributed by atoms with Gasteiger partial charge in [-0.3, -0.25) is 9.78 Å². The SMILES string of the molecule is Cc1ccc(N=C2NC(=O)/C(=C/c3ccncc3)S2)cc1Cl. The number of amides is 1. The molecule has 1 fully saturated rings.